The van der Waals surface area contributed by atoms with Crippen molar-refractivity contribution in [1.29, 1.82) is 0 Å². The first kappa shape index (κ1) is 19.0. The van der Waals surface area contributed by atoms with Gasteiger partial charge in [0, 0.05) is 25.3 Å². The summed E-state index contributed by atoms with van der Waals surface area (Å²) in [5, 5.41) is 0. The lowest BCUT2D eigenvalue weighted by atomic mass is 9.88. The van der Waals surface area contributed by atoms with Crippen LogP contribution < -0.4 is 0 Å². The molecule has 0 spiro atoms. The molecule has 0 N–H and O–H groups in total. The zero-order chi connectivity index (χ0) is 18.4. The molecular formula is C19H24O6. The first-order chi connectivity index (χ1) is 11.9. The van der Waals surface area contributed by atoms with E-state index in [9.17, 15) is 14.4 Å². The van der Waals surface area contributed by atoms with Crippen LogP contribution in [0.1, 0.15) is 39.5 Å². The number of fused-ring (bicyclic) bond motifs is 1. The van der Waals surface area contributed by atoms with E-state index in [0.717, 1.165) is 17.6 Å². The average molecular weight is 348 g/mol. The molecule has 2 atom stereocenters. The van der Waals surface area contributed by atoms with Crippen molar-refractivity contribution in [3.8, 4) is 0 Å². The summed E-state index contributed by atoms with van der Waals surface area (Å²) in [6.45, 7) is 7.01. The molecule has 1 aliphatic heterocycles. The van der Waals surface area contributed by atoms with Gasteiger partial charge in [-0.2, -0.15) is 0 Å². The largest absolute Gasteiger partial charge is 0.461 e. The molecule has 0 aromatic heterocycles. The van der Waals surface area contributed by atoms with E-state index < -0.39 is 6.10 Å². The third-order valence-corrected chi connectivity index (χ3v) is 4.35. The van der Waals surface area contributed by atoms with Gasteiger partial charge in [0.15, 0.2) is 0 Å². The second-order valence-corrected chi connectivity index (χ2v) is 6.33. The number of carbonyl (C=O) groups is 3. The summed E-state index contributed by atoms with van der Waals surface area (Å²) in [6.07, 6.45) is 6.33. The third kappa shape index (κ3) is 5.59. The maximum absolute atomic E-state index is 11.9. The van der Waals surface area contributed by atoms with Gasteiger partial charge in [-0.05, 0) is 42.9 Å². The van der Waals surface area contributed by atoms with Gasteiger partial charge >= 0.3 is 17.9 Å². The van der Waals surface area contributed by atoms with Crippen LogP contribution in [0.15, 0.2) is 35.5 Å². The van der Waals surface area contributed by atoms with Crippen LogP contribution in [0.2, 0.25) is 0 Å². The van der Waals surface area contributed by atoms with Gasteiger partial charge in [-0.15, -0.1) is 0 Å². The minimum Gasteiger partial charge on any atom is -0.461 e. The zero-order valence-corrected chi connectivity index (χ0v) is 14.7. The van der Waals surface area contributed by atoms with E-state index >= 15 is 0 Å². The highest BCUT2D eigenvalue weighted by Gasteiger charge is 2.37. The normalized spacial score (nSPS) is 27.9. The quantitative estimate of drug-likeness (QED) is 0.336. The molecule has 0 amide bonds. The Morgan fingerprint density at radius 3 is 2.44 bits per heavy atom. The number of carbonyl (C=O) groups excluding carboxylic acids is 3. The molecule has 2 rings (SSSR count). The van der Waals surface area contributed by atoms with Gasteiger partial charge in [0.2, 0.25) is 0 Å². The van der Waals surface area contributed by atoms with Crippen LogP contribution in [-0.2, 0) is 28.6 Å². The molecule has 0 aromatic rings. The Hall–Kier alpha value is -2.37. The van der Waals surface area contributed by atoms with E-state index in [4.69, 9.17) is 14.2 Å². The van der Waals surface area contributed by atoms with E-state index in [2.05, 4.69) is 6.58 Å². The van der Waals surface area contributed by atoms with Crippen molar-refractivity contribution in [2.24, 2.45) is 5.92 Å². The Kier molecular flexibility index (Phi) is 6.56. The fourth-order valence-corrected chi connectivity index (χ4v) is 2.98. The van der Waals surface area contributed by atoms with Crippen molar-refractivity contribution in [3.05, 3.63) is 35.5 Å². The van der Waals surface area contributed by atoms with Crippen LogP contribution in [0.25, 0.3) is 0 Å². The summed E-state index contributed by atoms with van der Waals surface area (Å²) in [5.74, 6) is -1.19. The molecule has 1 aliphatic carbocycles. The number of rotatable bonds is 4. The highest BCUT2D eigenvalue weighted by Crippen LogP contribution is 2.34. The Bertz CT molecular complexity index is 628. The lowest BCUT2D eigenvalue weighted by Crippen LogP contribution is -2.17. The number of hydrogen-bond donors (Lipinski definition) is 0. The maximum atomic E-state index is 11.9. The first-order valence-electron chi connectivity index (χ1n) is 8.40. The van der Waals surface area contributed by atoms with Crippen molar-refractivity contribution >= 4 is 17.9 Å². The van der Waals surface area contributed by atoms with Gasteiger partial charge in [-0.1, -0.05) is 12.7 Å². The van der Waals surface area contributed by atoms with Crippen molar-refractivity contribution in [1.82, 2.24) is 0 Å². The predicted molar refractivity (Wildman–Crippen MR) is 90.4 cm³/mol. The van der Waals surface area contributed by atoms with E-state index in [-0.39, 0.29) is 37.0 Å². The molecule has 1 saturated heterocycles. The molecule has 2 aliphatic rings. The van der Waals surface area contributed by atoms with E-state index in [1.54, 1.807) is 0 Å². The van der Waals surface area contributed by atoms with E-state index in [1.165, 1.54) is 13.8 Å². The molecule has 6 nitrogen and oxygen atoms in total. The van der Waals surface area contributed by atoms with E-state index in [1.807, 2.05) is 12.2 Å². The predicted octanol–water partition coefficient (Wildman–Crippen LogP) is 2.64. The van der Waals surface area contributed by atoms with Crippen molar-refractivity contribution in [2.45, 2.75) is 45.6 Å². The number of ether oxygens (including phenoxy) is 3. The van der Waals surface area contributed by atoms with Gasteiger partial charge in [0.25, 0.3) is 0 Å². The van der Waals surface area contributed by atoms with Gasteiger partial charge in [-0.3, -0.25) is 9.59 Å². The fourth-order valence-electron chi connectivity index (χ4n) is 2.98. The minimum atomic E-state index is -0.390. The lowest BCUT2D eigenvalue weighted by Gasteiger charge is -2.19. The third-order valence-electron chi connectivity index (χ3n) is 4.35. The van der Waals surface area contributed by atoms with Crippen LogP contribution in [-0.4, -0.2) is 37.2 Å². The van der Waals surface area contributed by atoms with Gasteiger partial charge < -0.3 is 14.2 Å². The molecule has 1 heterocycles. The lowest BCUT2D eigenvalue weighted by molar-refractivity contribution is -0.141. The SMILES string of the molecule is C=C1C(=O)O[C@@H]2/C=C(\COC(C)=O)CC/C=C(\COC(C)=O)CC[C@@H]12. The Morgan fingerprint density at radius 2 is 1.80 bits per heavy atom. The average Bonchev–Trinajstić information content (AvgIpc) is 2.81. The molecule has 136 valence electrons. The molecule has 0 bridgehead atoms. The van der Waals surface area contributed by atoms with Crippen molar-refractivity contribution in [3.63, 3.8) is 0 Å². The van der Waals surface area contributed by atoms with Crippen molar-refractivity contribution < 1.29 is 28.6 Å². The van der Waals surface area contributed by atoms with Crippen LogP contribution in [0, 0.1) is 5.92 Å². The maximum Gasteiger partial charge on any atom is 0.334 e. The first-order valence-corrected chi connectivity index (χ1v) is 8.40. The monoisotopic (exact) mass is 348 g/mol. The number of allylic oxidation sites excluding steroid dienone is 1. The highest BCUT2D eigenvalue weighted by molar-refractivity contribution is 5.91. The zero-order valence-electron chi connectivity index (χ0n) is 14.7. The Morgan fingerprint density at radius 1 is 1.16 bits per heavy atom. The minimum absolute atomic E-state index is 0.126. The Labute approximate surface area is 147 Å². The highest BCUT2D eigenvalue weighted by atomic mass is 16.6. The summed E-state index contributed by atoms with van der Waals surface area (Å²) in [7, 11) is 0. The summed E-state index contributed by atoms with van der Waals surface area (Å²) in [5.41, 5.74) is 2.37. The topological polar surface area (TPSA) is 78.9 Å². The molecule has 0 aromatic carbocycles. The molecule has 25 heavy (non-hydrogen) atoms. The Balaban J connectivity index is 2.18. The van der Waals surface area contributed by atoms with Gasteiger partial charge in [0.1, 0.15) is 19.3 Å². The number of hydrogen-bond acceptors (Lipinski definition) is 6. The molecule has 0 unspecified atom stereocenters. The van der Waals surface area contributed by atoms with E-state index in [0.29, 0.717) is 24.8 Å². The second-order valence-electron chi connectivity index (χ2n) is 6.33. The second kappa shape index (κ2) is 8.65. The summed E-state index contributed by atoms with van der Waals surface area (Å²) < 4.78 is 15.6. The molecule has 0 radical (unpaired) electrons. The summed E-state index contributed by atoms with van der Waals surface area (Å²) >= 11 is 0. The fraction of sp³-hybridized carbons (Fsp3) is 0.526. The number of esters is 3. The molecule has 1 fully saturated rings. The van der Waals surface area contributed by atoms with Crippen molar-refractivity contribution in [2.75, 3.05) is 13.2 Å². The van der Waals surface area contributed by atoms with Gasteiger partial charge in [0.05, 0.1) is 0 Å². The van der Waals surface area contributed by atoms with Crippen LogP contribution >= 0.6 is 0 Å². The van der Waals surface area contributed by atoms with Crippen LogP contribution in [0.3, 0.4) is 0 Å². The van der Waals surface area contributed by atoms with Crippen LogP contribution in [0.5, 0.6) is 0 Å². The summed E-state index contributed by atoms with van der Waals surface area (Å²) in [6, 6.07) is 0. The summed E-state index contributed by atoms with van der Waals surface area (Å²) in [4.78, 5) is 34.0. The van der Waals surface area contributed by atoms with Gasteiger partial charge in [-0.25, -0.2) is 4.79 Å². The molecule has 6 heteroatoms. The smallest absolute Gasteiger partial charge is 0.334 e. The molecule has 0 saturated carbocycles. The van der Waals surface area contributed by atoms with Crippen LogP contribution in [0.4, 0.5) is 0 Å². The molecular weight excluding hydrogens is 324 g/mol. The standard InChI is InChI=1S/C19H24O6/c1-12-17-8-7-15(10-23-13(2)20)5-4-6-16(11-24-14(3)21)9-18(17)25-19(12)22/h5,9,17-18H,1,4,6-8,10-11H2,2-3H3/b15-5-,16-9-/t17-,18+/m0/s1.